The van der Waals surface area contributed by atoms with Gasteiger partial charge in [-0.05, 0) is 37.4 Å². The van der Waals surface area contributed by atoms with E-state index in [0.717, 1.165) is 42.4 Å². The average Bonchev–Trinajstić information content (AvgIpc) is 2.73. The van der Waals surface area contributed by atoms with Crippen LogP contribution < -0.4 is 10.2 Å². The Hall–Kier alpha value is -2.58. The van der Waals surface area contributed by atoms with E-state index in [1.54, 1.807) is 23.9 Å². The average molecular weight is 401 g/mol. The zero-order chi connectivity index (χ0) is 20.1. The zero-order valence-electron chi connectivity index (χ0n) is 16.0. The van der Waals surface area contributed by atoms with Gasteiger partial charge in [0.25, 0.3) is 5.69 Å². The van der Waals surface area contributed by atoms with Crippen molar-refractivity contribution in [1.29, 1.82) is 0 Å². The van der Waals surface area contributed by atoms with Gasteiger partial charge in [0.1, 0.15) is 0 Å². The lowest BCUT2D eigenvalue weighted by Gasteiger charge is -2.38. The number of piperazine rings is 1. The van der Waals surface area contributed by atoms with E-state index in [-0.39, 0.29) is 17.6 Å². The highest BCUT2D eigenvalue weighted by molar-refractivity contribution is 7.98. The summed E-state index contributed by atoms with van der Waals surface area (Å²) in [5.74, 6) is -0.00899. The zero-order valence-corrected chi connectivity index (χ0v) is 16.8. The quantitative estimate of drug-likeness (QED) is 0.454. The van der Waals surface area contributed by atoms with E-state index in [1.165, 1.54) is 12.1 Å². The Balaban J connectivity index is 1.56. The molecule has 0 radical (unpaired) electrons. The summed E-state index contributed by atoms with van der Waals surface area (Å²) in [6.07, 6.45) is 1.99. The number of nitro benzene ring substituents is 1. The third-order valence-corrected chi connectivity index (χ3v) is 5.83. The van der Waals surface area contributed by atoms with Crippen LogP contribution in [0.4, 0.5) is 17.1 Å². The normalized spacial score (nSPS) is 15.9. The first kappa shape index (κ1) is 20.2. The van der Waals surface area contributed by atoms with Gasteiger partial charge in [0, 0.05) is 48.9 Å². The Morgan fingerprint density at radius 2 is 1.75 bits per heavy atom. The van der Waals surface area contributed by atoms with Crippen molar-refractivity contribution in [2.24, 2.45) is 0 Å². The minimum atomic E-state index is -0.392. The number of carbonyl (C=O) groups excluding carboxylic acids is 1. The number of anilines is 2. The van der Waals surface area contributed by atoms with E-state index in [0.29, 0.717) is 0 Å². The minimum absolute atomic E-state index is 0.00899. The molecule has 0 saturated carbocycles. The Bertz CT molecular complexity index is 836. The summed E-state index contributed by atoms with van der Waals surface area (Å²) in [5, 5.41) is 13.8. The number of amides is 1. The second-order valence-corrected chi connectivity index (χ2v) is 7.51. The fraction of sp³-hybridized carbons (Fsp3) is 0.350. The summed E-state index contributed by atoms with van der Waals surface area (Å²) < 4.78 is 0. The van der Waals surface area contributed by atoms with Crippen molar-refractivity contribution >= 4 is 34.7 Å². The highest BCUT2D eigenvalue weighted by Gasteiger charge is 2.26. The summed E-state index contributed by atoms with van der Waals surface area (Å²) in [4.78, 5) is 28.5. The van der Waals surface area contributed by atoms with Crippen LogP contribution in [0.25, 0.3) is 0 Å². The molecule has 0 bridgehead atoms. The smallest absolute Gasteiger partial charge is 0.269 e. The van der Waals surface area contributed by atoms with Crippen molar-refractivity contribution in [3.8, 4) is 0 Å². The number of nitrogens with zero attached hydrogens (tertiary/aromatic N) is 3. The molecule has 1 aliphatic rings. The number of thioether (sulfide) groups is 1. The van der Waals surface area contributed by atoms with E-state index in [1.807, 2.05) is 37.4 Å². The van der Waals surface area contributed by atoms with Crippen molar-refractivity contribution in [3.63, 3.8) is 0 Å². The van der Waals surface area contributed by atoms with Gasteiger partial charge in [-0.2, -0.15) is 0 Å². The largest absolute Gasteiger partial charge is 0.369 e. The number of nitrogens with one attached hydrogen (secondary N) is 1. The first-order chi connectivity index (χ1) is 13.5. The number of hydrogen-bond acceptors (Lipinski definition) is 6. The fourth-order valence-electron chi connectivity index (χ4n) is 3.30. The molecule has 28 heavy (non-hydrogen) atoms. The van der Waals surface area contributed by atoms with Crippen LogP contribution in [0, 0.1) is 10.1 Å². The second kappa shape index (κ2) is 9.07. The van der Waals surface area contributed by atoms with Gasteiger partial charge in [0.05, 0.1) is 16.7 Å². The van der Waals surface area contributed by atoms with Crippen LogP contribution >= 0.6 is 11.8 Å². The third kappa shape index (κ3) is 4.63. The van der Waals surface area contributed by atoms with E-state index in [2.05, 4.69) is 15.1 Å². The number of carbonyl (C=O) groups is 1. The van der Waals surface area contributed by atoms with Crippen molar-refractivity contribution < 1.29 is 9.72 Å². The molecule has 8 heteroatoms. The predicted molar refractivity (Wildman–Crippen MR) is 113 cm³/mol. The number of benzene rings is 2. The van der Waals surface area contributed by atoms with Crippen LogP contribution in [-0.4, -0.2) is 54.2 Å². The Morgan fingerprint density at radius 3 is 2.36 bits per heavy atom. The van der Waals surface area contributed by atoms with Crippen LogP contribution in [0.3, 0.4) is 0 Å². The molecule has 2 aromatic carbocycles. The first-order valence-corrected chi connectivity index (χ1v) is 10.4. The van der Waals surface area contributed by atoms with E-state index < -0.39 is 4.92 Å². The van der Waals surface area contributed by atoms with Crippen LogP contribution in [0.5, 0.6) is 0 Å². The predicted octanol–water partition coefficient (Wildman–Crippen LogP) is 3.47. The molecular formula is C20H24N4O3S. The molecule has 1 aliphatic heterocycles. The first-order valence-electron chi connectivity index (χ1n) is 9.17. The molecule has 1 saturated heterocycles. The lowest BCUT2D eigenvalue weighted by molar-refractivity contribution is -0.384. The molecule has 3 rings (SSSR count). The molecule has 1 fully saturated rings. The van der Waals surface area contributed by atoms with Crippen molar-refractivity contribution in [2.75, 3.05) is 42.7 Å². The molecule has 1 amide bonds. The summed E-state index contributed by atoms with van der Waals surface area (Å²) >= 11 is 1.61. The molecule has 0 aromatic heterocycles. The molecule has 1 atom stereocenters. The second-order valence-electron chi connectivity index (χ2n) is 6.66. The molecule has 1 unspecified atom stereocenters. The van der Waals surface area contributed by atoms with Gasteiger partial charge in [0.15, 0.2) is 0 Å². The van der Waals surface area contributed by atoms with Crippen LogP contribution in [-0.2, 0) is 4.79 Å². The van der Waals surface area contributed by atoms with Crippen LogP contribution in [0.1, 0.15) is 6.92 Å². The van der Waals surface area contributed by atoms with E-state index >= 15 is 0 Å². The third-order valence-electron chi connectivity index (χ3n) is 5.03. The number of non-ortho nitro benzene ring substituents is 1. The molecule has 0 aliphatic carbocycles. The summed E-state index contributed by atoms with van der Waals surface area (Å²) in [7, 11) is 0. The molecule has 148 valence electrons. The van der Waals surface area contributed by atoms with Gasteiger partial charge in [-0.1, -0.05) is 12.1 Å². The van der Waals surface area contributed by atoms with Crippen molar-refractivity contribution in [1.82, 2.24) is 4.90 Å². The van der Waals surface area contributed by atoms with Crippen molar-refractivity contribution in [3.05, 3.63) is 58.6 Å². The van der Waals surface area contributed by atoms with Crippen molar-refractivity contribution in [2.45, 2.75) is 17.9 Å². The lowest BCUT2D eigenvalue weighted by Crippen LogP contribution is -2.52. The minimum Gasteiger partial charge on any atom is -0.369 e. The van der Waals surface area contributed by atoms with Gasteiger partial charge in [0.2, 0.25) is 5.91 Å². The lowest BCUT2D eigenvalue weighted by atomic mass is 10.2. The number of nitro groups is 1. The molecule has 1 N–H and O–H groups in total. The fourth-order valence-corrected chi connectivity index (χ4v) is 3.86. The maximum atomic E-state index is 12.7. The highest BCUT2D eigenvalue weighted by atomic mass is 32.2. The van der Waals surface area contributed by atoms with Gasteiger partial charge in [-0.25, -0.2) is 0 Å². The molecule has 2 aromatic rings. The van der Waals surface area contributed by atoms with E-state index in [4.69, 9.17) is 0 Å². The number of hydrogen-bond donors (Lipinski definition) is 1. The standard InChI is InChI=1S/C20H24N4O3S/c1-15(20(25)21-18-5-3-4-6-19(18)28-2)22-11-13-23(14-12-22)16-7-9-17(10-8-16)24(26)27/h3-10,15H,11-14H2,1-2H3,(H,21,25). The molecule has 1 heterocycles. The summed E-state index contributed by atoms with van der Waals surface area (Å²) in [6, 6.07) is 14.2. The Labute approximate surface area is 168 Å². The molecule has 0 spiro atoms. The summed E-state index contributed by atoms with van der Waals surface area (Å²) in [5.41, 5.74) is 1.91. The summed E-state index contributed by atoms with van der Waals surface area (Å²) in [6.45, 7) is 5.00. The van der Waals surface area contributed by atoms with Gasteiger partial charge in [-0.15, -0.1) is 11.8 Å². The van der Waals surface area contributed by atoms with E-state index in [9.17, 15) is 14.9 Å². The number of rotatable bonds is 6. The SMILES string of the molecule is CSc1ccccc1NC(=O)C(C)N1CCN(c2ccc([N+](=O)[O-])cc2)CC1. The highest BCUT2D eigenvalue weighted by Crippen LogP contribution is 2.25. The van der Waals surface area contributed by atoms with Crippen LogP contribution in [0.2, 0.25) is 0 Å². The van der Waals surface area contributed by atoms with Gasteiger partial charge < -0.3 is 10.2 Å². The maximum Gasteiger partial charge on any atom is 0.269 e. The maximum absolute atomic E-state index is 12.7. The van der Waals surface area contributed by atoms with Crippen LogP contribution in [0.15, 0.2) is 53.4 Å². The molecular weight excluding hydrogens is 376 g/mol. The van der Waals surface area contributed by atoms with Gasteiger partial charge >= 0.3 is 0 Å². The Morgan fingerprint density at radius 1 is 1.11 bits per heavy atom. The monoisotopic (exact) mass is 400 g/mol. The topological polar surface area (TPSA) is 78.7 Å². The molecule has 7 nitrogen and oxygen atoms in total. The Kier molecular flexibility index (Phi) is 6.53. The van der Waals surface area contributed by atoms with Gasteiger partial charge in [-0.3, -0.25) is 19.8 Å². The number of para-hydroxylation sites is 1.